The van der Waals surface area contributed by atoms with Crippen LogP contribution in [0.5, 0.6) is 0 Å². The lowest BCUT2D eigenvalue weighted by Gasteiger charge is -2.49. The van der Waals surface area contributed by atoms with Gasteiger partial charge in [-0.3, -0.25) is 14.5 Å². The number of likely N-dealkylation sites (tertiary alicyclic amines) is 1. The Kier molecular flexibility index (Phi) is 6.93. The summed E-state index contributed by atoms with van der Waals surface area (Å²) in [6.45, 7) is 6.79. The number of nitrogens with zero attached hydrogens (tertiary/aromatic N) is 3. The molecule has 5 aliphatic rings. The summed E-state index contributed by atoms with van der Waals surface area (Å²) in [5, 5.41) is -0.602. The normalized spacial score (nSPS) is 36.5. The van der Waals surface area contributed by atoms with Gasteiger partial charge >= 0.3 is 6.03 Å². The second-order valence-corrected chi connectivity index (χ2v) is 13.9. The first-order chi connectivity index (χ1) is 16.5. The molecule has 2 N–H and O–H groups in total. The van der Waals surface area contributed by atoms with Crippen molar-refractivity contribution in [2.75, 3.05) is 33.2 Å². The predicted octanol–water partition coefficient (Wildman–Crippen LogP) is 1.28. The van der Waals surface area contributed by atoms with Gasteiger partial charge < -0.3 is 9.80 Å². The number of imide groups is 1. The average molecular weight is 512 g/mol. The zero-order valence-electron chi connectivity index (χ0n) is 21.2. The van der Waals surface area contributed by atoms with Crippen molar-refractivity contribution in [1.29, 1.82) is 0 Å². The molecule has 2 saturated carbocycles. The third kappa shape index (κ3) is 5.39. The van der Waals surface area contributed by atoms with Gasteiger partial charge in [-0.1, -0.05) is 0 Å². The summed E-state index contributed by atoms with van der Waals surface area (Å²) < 4.78 is 29.2. The Labute approximate surface area is 209 Å². The van der Waals surface area contributed by atoms with Crippen molar-refractivity contribution in [1.82, 2.24) is 24.9 Å². The van der Waals surface area contributed by atoms with Crippen LogP contribution in [0.1, 0.15) is 65.2 Å². The SMILES string of the molecule is CC1CC(CN2C(=O)C3CC(S(=O)(=O)NC4(C)CC4)CCC3N(CC3CCN(C)CC3)C2=O)ON1. The van der Waals surface area contributed by atoms with Crippen LogP contribution in [-0.4, -0.2) is 97.3 Å². The Morgan fingerprint density at radius 2 is 1.80 bits per heavy atom. The molecule has 198 valence electrons. The van der Waals surface area contributed by atoms with Crippen molar-refractivity contribution in [3.63, 3.8) is 0 Å². The van der Waals surface area contributed by atoms with E-state index in [9.17, 15) is 18.0 Å². The molecule has 5 unspecified atom stereocenters. The van der Waals surface area contributed by atoms with E-state index in [4.69, 9.17) is 4.84 Å². The van der Waals surface area contributed by atoms with Gasteiger partial charge in [-0.05, 0) is 91.3 Å². The Hall–Kier alpha value is -1.27. The third-order valence-electron chi connectivity index (χ3n) is 8.78. The second kappa shape index (κ2) is 9.55. The highest BCUT2D eigenvalue weighted by molar-refractivity contribution is 7.90. The van der Waals surface area contributed by atoms with Gasteiger partial charge in [-0.2, -0.15) is 5.48 Å². The highest BCUT2D eigenvalue weighted by Gasteiger charge is 2.52. The van der Waals surface area contributed by atoms with Crippen LogP contribution in [0.4, 0.5) is 4.79 Å². The van der Waals surface area contributed by atoms with Crippen LogP contribution < -0.4 is 10.2 Å². The molecule has 3 aliphatic heterocycles. The molecule has 5 rings (SSSR count). The van der Waals surface area contributed by atoms with Crippen molar-refractivity contribution in [3.05, 3.63) is 0 Å². The zero-order valence-corrected chi connectivity index (χ0v) is 22.1. The number of hydrogen-bond acceptors (Lipinski definition) is 7. The van der Waals surface area contributed by atoms with Gasteiger partial charge in [0.2, 0.25) is 15.9 Å². The summed E-state index contributed by atoms with van der Waals surface area (Å²) in [6.07, 6.45) is 5.51. The number of sulfonamides is 1. The maximum Gasteiger partial charge on any atom is 0.327 e. The summed E-state index contributed by atoms with van der Waals surface area (Å²) in [4.78, 5) is 38.5. The Morgan fingerprint density at radius 1 is 1.09 bits per heavy atom. The minimum Gasteiger partial charge on any atom is -0.320 e. The molecule has 5 fully saturated rings. The molecule has 2 aliphatic carbocycles. The van der Waals surface area contributed by atoms with E-state index < -0.39 is 21.2 Å². The fourth-order valence-corrected chi connectivity index (χ4v) is 8.23. The second-order valence-electron chi connectivity index (χ2n) is 11.9. The first-order valence-corrected chi connectivity index (χ1v) is 14.8. The van der Waals surface area contributed by atoms with Crippen LogP contribution in [0.2, 0.25) is 0 Å². The first-order valence-electron chi connectivity index (χ1n) is 13.3. The van der Waals surface area contributed by atoms with Gasteiger partial charge in [0.05, 0.1) is 23.8 Å². The number of fused-ring (bicyclic) bond motifs is 1. The molecular weight excluding hydrogens is 470 g/mol. The van der Waals surface area contributed by atoms with Gasteiger partial charge in [0.1, 0.15) is 0 Å². The monoisotopic (exact) mass is 511 g/mol. The summed E-state index contributed by atoms with van der Waals surface area (Å²) >= 11 is 0. The minimum absolute atomic E-state index is 0.164. The number of urea groups is 1. The Morgan fingerprint density at radius 3 is 2.43 bits per heavy atom. The van der Waals surface area contributed by atoms with Crippen LogP contribution in [0, 0.1) is 11.8 Å². The van der Waals surface area contributed by atoms with E-state index in [-0.39, 0.29) is 48.6 Å². The highest BCUT2D eigenvalue weighted by atomic mass is 32.2. The minimum atomic E-state index is -3.53. The fraction of sp³-hybridized carbons (Fsp3) is 0.917. The standard InChI is InChI=1S/C24H41N5O5S/c1-16-12-18(34-25-16)15-29-22(30)20-13-19(35(32,33)26-24(2)8-9-24)4-5-21(20)28(23(29)31)14-17-6-10-27(3)11-7-17/h16-21,25-26H,4-15H2,1-3H3. The molecule has 35 heavy (non-hydrogen) atoms. The molecule has 0 radical (unpaired) electrons. The van der Waals surface area contributed by atoms with Gasteiger partial charge in [0, 0.05) is 24.2 Å². The summed E-state index contributed by atoms with van der Waals surface area (Å²) in [5.41, 5.74) is 2.59. The average Bonchev–Trinajstić information content (AvgIpc) is 3.38. The topological polar surface area (TPSA) is 111 Å². The largest absolute Gasteiger partial charge is 0.327 e. The molecule has 3 heterocycles. The maximum atomic E-state index is 13.7. The van der Waals surface area contributed by atoms with Gasteiger partial charge in [0.15, 0.2) is 0 Å². The van der Waals surface area contributed by atoms with E-state index in [1.807, 2.05) is 18.7 Å². The van der Waals surface area contributed by atoms with Crippen LogP contribution >= 0.6 is 0 Å². The van der Waals surface area contributed by atoms with Crippen molar-refractivity contribution in [3.8, 4) is 0 Å². The molecule has 0 aromatic rings. The van der Waals surface area contributed by atoms with Crippen molar-refractivity contribution in [2.45, 2.75) is 94.2 Å². The number of hydroxylamine groups is 1. The number of hydrogen-bond donors (Lipinski definition) is 2. The molecule has 3 amide bonds. The molecule has 0 aromatic heterocycles. The lowest BCUT2D eigenvalue weighted by molar-refractivity contribution is -0.142. The van der Waals surface area contributed by atoms with E-state index in [1.54, 1.807) is 0 Å². The quantitative estimate of drug-likeness (QED) is 0.530. The molecular formula is C24H41N5O5S. The fourth-order valence-electron chi connectivity index (χ4n) is 6.27. The van der Waals surface area contributed by atoms with E-state index >= 15 is 0 Å². The third-order valence-corrected chi connectivity index (χ3v) is 10.9. The molecule has 0 bridgehead atoms. The molecule has 0 spiro atoms. The first kappa shape index (κ1) is 25.4. The molecule has 5 atom stereocenters. The Bertz CT molecular complexity index is 933. The maximum absolute atomic E-state index is 13.7. The number of amides is 3. The zero-order chi connectivity index (χ0) is 25.0. The number of nitrogens with one attached hydrogen (secondary N) is 2. The van der Waals surface area contributed by atoms with Gasteiger partial charge in [0.25, 0.3) is 0 Å². The summed E-state index contributed by atoms with van der Waals surface area (Å²) in [7, 11) is -1.41. The number of carbonyl (C=O) groups excluding carboxylic acids is 2. The smallest absolute Gasteiger partial charge is 0.320 e. The van der Waals surface area contributed by atoms with Crippen molar-refractivity contribution < 1.29 is 22.8 Å². The summed E-state index contributed by atoms with van der Waals surface area (Å²) in [5.74, 6) is -0.332. The van der Waals surface area contributed by atoms with Crippen LogP contribution in [-0.2, 0) is 19.7 Å². The molecule has 0 aromatic carbocycles. The van der Waals surface area contributed by atoms with E-state index in [0.29, 0.717) is 25.3 Å². The van der Waals surface area contributed by atoms with Crippen LogP contribution in [0.3, 0.4) is 0 Å². The summed E-state index contributed by atoms with van der Waals surface area (Å²) in [6, 6.07) is -0.296. The molecule has 3 saturated heterocycles. The molecule has 10 nitrogen and oxygen atoms in total. The van der Waals surface area contributed by atoms with Crippen LogP contribution in [0.15, 0.2) is 0 Å². The number of rotatable bonds is 7. The predicted molar refractivity (Wildman–Crippen MR) is 131 cm³/mol. The van der Waals surface area contributed by atoms with Gasteiger partial charge in [-0.25, -0.2) is 17.9 Å². The van der Waals surface area contributed by atoms with E-state index in [2.05, 4.69) is 22.1 Å². The lowest BCUT2D eigenvalue weighted by atomic mass is 9.80. The highest BCUT2D eigenvalue weighted by Crippen LogP contribution is 2.40. The van der Waals surface area contributed by atoms with E-state index in [1.165, 1.54) is 4.90 Å². The number of piperidine rings is 1. The van der Waals surface area contributed by atoms with Gasteiger partial charge in [-0.15, -0.1) is 0 Å². The Balaban J connectivity index is 1.35. The van der Waals surface area contributed by atoms with Crippen LogP contribution in [0.25, 0.3) is 0 Å². The van der Waals surface area contributed by atoms with Crippen molar-refractivity contribution in [2.24, 2.45) is 11.8 Å². The van der Waals surface area contributed by atoms with Crippen molar-refractivity contribution >= 4 is 22.0 Å². The van der Waals surface area contributed by atoms with E-state index in [0.717, 1.165) is 45.2 Å². The lowest BCUT2D eigenvalue weighted by Crippen LogP contribution is -2.65. The molecule has 11 heteroatoms. The number of carbonyl (C=O) groups is 2.